The highest BCUT2D eigenvalue weighted by atomic mass is 16.5. The summed E-state index contributed by atoms with van der Waals surface area (Å²) in [5.41, 5.74) is 1.41. The van der Waals surface area contributed by atoms with E-state index in [9.17, 15) is 9.59 Å². The molecule has 9 nitrogen and oxygen atoms in total. The molecule has 0 aliphatic rings. The molecule has 0 saturated heterocycles. The Morgan fingerprint density at radius 1 is 1.09 bits per heavy atom. The Morgan fingerprint density at radius 2 is 1.88 bits per heavy atom. The summed E-state index contributed by atoms with van der Waals surface area (Å²) < 4.78 is 10.5. The van der Waals surface area contributed by atoms with Crippen LogP contribution in [0.25, 0.3) is 22.1 Å². The molecule has 2 aromatic carbocycles. The standard InChI is InChI=1S/C24H25N5O4/c1-32-18-10-7-16(8-11-18)21-15-17(29-33-21)9-12-22(30)25-13-4-14-26-23-19-5-2-3-6-20(19)24(31)28-27-23/h2-3,5-8,10-11,15H,4,9,12-14H2,1H3,(H,25,30)(H,26,27)(H,28,31). The summed E-state index contributed by atoms with van der Waals surface area (Å²) in [5, 5.41) is 18.1. The number of hydrogen-bond acceptors (Lipinski definition) is 7. The smallest absolute Gasteiger partial charge is 0.272 e. The van der Waals surface area contributed by atoms with Gasteiger partial charge >= 0.3 is 0 Å². The first-order chi connectivity index (χ1) is 16.1. The number of fused-ring (bicyclic) bond motifs is 1. The van der Waals surface area contributed by atoms with Crippen LogP contribution in [-0.2, 0) is 11.2 Å². The first-order valence-corrected chi connectivity index (χ1v) is 10.7. The average molecular weight is 447 g/mol. The number of anilines is 1. The molecule has 0 bridgehead atoms. The molecule has 0 atom stereocenters. The predicted octanol–water partition coefficient (Wildman–Crippen LogP) is 3.14. The van der Waals surface area contributed by atoms with Crippen LogP contribution < -0.4 is 20.9 Å². The summed E-state index contributed by atoms with van der Waals surface area (Å²) in [6.45, 7) is 1.14. The molecule has 3 N–H and O–H groups in total. The molecule has 0 aliphatic carbocycles. The van der Waals surface area contributed by atoms with Crippen molar-refractivity contribution in [2.45, 2.75) is 19.3 Å². The highest BCUT2D eigenvalue weighted by Gasteiger charge is 2.10. The highest BCUT2D eigenvalue weighted by Crippen LogP contribution is 2.23. The second-order valence-corrected chi connectivity index (χ2v) is 7.49. The van der Waals surface area contributed by atoms with E-state index < -0.39 is 0 Å². The van der Waals surface area contributed by atoms with Gasteiger partial charge in [-0.2, -0.15) is 5.10 Å². The van der Waals surface area contributed by atoms with Crippen molar-refractivity contribution in [1.29, 1.82) is 0 Å². The van der Waals surface area contributed by atoms with E-state index in [1.807, 2.05) is 48.5 Å². The largest absolute Gasteiger partial charge is 0.497 e. The van der Waals surface area contributed by atoms with Gasteiger partial charge in [0, 0.05) is 42.9 Å². The van der Waals surface area contributed by atoms with Crippen molar-refractivity contribution >= 4 is 22.5 Å². The summed E-state index contributed by atoms with van der Waals surface area (Å²) in [6, 6.07) is 16.7. The van der Waals surface area contributed by atoms with Crippen LogP contribution in [0.3, 0.4) is 0 Å². The maximum Gasteiger partial charge on any atom is 0.272 e. The number of nitrogens with one attached hydrogen (secondary N) is 3. The Hall–Kier alpha value is -4.14. The van der Waals surface area contributed by atoms with E-state index in [1.54, 1.807) is 13.2 Å². The Labute approximate surface area is 190 Å². The van der Waals surface area contributed by atoms with Crippen molar-refractivity contribution < 1.29 is 14.1 Å². The number of nitrogens with zero attached hydrogens (tertiary/aromatic N) is 2. The minimum atomic E-state index is -0.216. The van der Waals surface area contributed by atoms with Gasteiger partial charge in [-0.05, 0) is 36.8 Å². The lowest BCUT2D eigenvalue weighted by atomic mass is 10.1. The first kappa shape index (κ1) is 22.1. The quantitative estimate of drug-likeness (QED) is 0.319. The second-order valence-electron chi connectivity index (χ2n) is 7.49. The number of carbonyl (C=O) groups is 1. The van der Waals surface area contributed by atoms with Gasteiger partial charge in [0.25, 0.3) is 5.56 Å². The van der Waals surface area contributed by atoms with E-state index in [1.165, 1.54) is 0 Å². The summed E-state index contributed by atoms with van der Waals surface area (Å²) >= 11 is 0. The van der Waals surface area contributed by atoms with Gasteiger partial charge in [-0.1, -0.05) is 23.4 Å². The lowest BCUT2D eigenvalue weighted by molar-refractivity contribution is -0.121. The number of methoxy groups -OCH3 is 1. The molecule has 9 heteroatoms. The SMILES string of the molecule is COc1ccc(-c2cc(CCC(=O)NCCCNc3n[nH]c(=O)c4ccccc34)no2)cc1. The molecule has 0 fully saturated rings. The van der Waals surface area contributed by atoms with Crippen molar-refractivity contribution in [1.82, 2.24) is 20.7 Å². The van der Waals surface area contributed by atoms with E-state index in [0.29, 0.717) is 49.3 Å². The molecule has 4 aromatic rings. The number of H-pyrrole nitrogens is 1. The number of amides is 1. The fourth-order valence-electron chi connectivity index (χ4n) is 3.42. The van der Waals surface area contributed by atoms with E-state index in [0.717, 1.165) is 22.4 Å². The molecule has 1 amide bonds. The van der Waals surface area contributed by atoms with E-state index in [2.05, 4.69) is 26.0 Å². The van der Waals surface area contributed by atoms with Gasteiger partial charge in [-0.3, -0.25) is 9.59 Å². The number of carbonyl (C=O) groups excluding carboxylic acids is 1. The Morgan fingerprint density at radius 3 is 2.67 bits per heavy atom. The van der Waals surface area contributed by atoms with Crippen LogP contribution >= 0.6 is 0 Å². The zero-order valence-corrected chi connectivity index (χ0v) is 18.3. The molecule has 0 spiro atoms. The number of rotatable bonds is 10. The van der Waals surface area contributed by atoms with Crippen LogP contribution in [0.1, 0.15) is 18.5 Å². The Bertz CT molecular complexity index is 1280. The third kappa shape index (κ3) is 5.57. The van der Waals surface area contributed by atoms with Crippen LogP contribution in [0, 0.1) is 0 Å². The monoisotopic (exact) mass is 447 g/mol. The molecule has 2 heterocycles. The molecule has 2 aromatic heterocycles. The minimum Gasteiger partial charge on any atom is -0.497 e. The zero-order valence-electron chi connectivity index (χ0n) is 18.3. The second kappa shape index (κ2) is 10.4. The van der Waals surface area contributed by atoms with E-state index >= 15 is 0 Å². The zero-order chi connectivity index (χ0) is 23.0. The Balaban J connectivity index is 1.18. The normalized spacial score (nSPS) is 10.8. The molecule has 0 radical (unpaired) electrons. The van der Waals surface area contributed by atoms with Gasteiger partial charge in [0.2, 0.25) is 5.91 Å². The molecule has 0 aliphatic heterocycles. The fraction of sp³-hybridized carbons (Fsp3) is 0.250. The van der Waals surface area contributed by atoms with Crippen molar-refractivity contribution in [2.75, 3.05) is 25.5 Å². The summed E-state index contributed by atoms with van der Waals surface area (Å²) in [6.07, 6.45) is 1.54. The van der Waals surface area contributed by atoms with Crippen molar-refractivity contribution in [2.24, 2.45) is 0 Å². The first-order valence-electron chi connectivity index (χ1n) is 10.7. The predicted molar refractivity (Wildman–Crippen MR) is 125 cm³/mol. The number of aryl methyl sites for hydroxylation is 1. The minimum absolute atomic E-state index is 0.0448. The lowest BCUT2D eigenvalue weighted by Crippen LogP contribution is -2.26. The maximum absolute atomic E-state index is 12.2. The van der Waals surface area contributed by atoms with Crippen LogP contribution in [0.15, 0.2) is 63.9 Å². The van der Waals surface area contributed by atoms with Crippen molar-refractivity contribution in [3.05, 3.63) is 70.6 Å². The van der Waals surface area contributed by atoms with Gasteiger partial charge in [0.15, 0.2) is 11.6 Å². The molecule has 0 saturated carbocycles. The van der Waals surface area contributed by atoms with Crippen molar-refractivity contribution in [3.63, 3.8) is 0 Å². The third-order valence-electron chi connectivity index (χ3n) is 5.21. The van der Waals surface area contributed by atoms with Crippen molar-refractivity contribution in [3.8, 4) is 17.1 Å². The number of aromatic amines is 1. The van der Waals surface area contributed by atoms with Gasteiger partial charge in [0.1, 0.15) is 5.75 Å². The lowest BCUT2D eigenvalue weighted by Gasteiger charge is -2.08. The topological polar surface area (TPSA) is 122 Å². The molecule has 170 valence electrons. The molecule has 4 rings (SSSR count). The number of ether oxygens (including phenoxy) is 1. The molecule has 33 heavy (non-hydrogen) atoms. The molecular weight excluding hydrogens is 422 g/mol. The molecule has 0 unspecified atom stereocenters. The average Bonchev–Trinajstić information content (AvgIpc) is 3.33. The van der Waals surface area contributed by atoms with Crippen LogP contribution in [0.5, 0.6) is 5.75 Å². The summed E-state index contributed by atoms with van der Waals surface area (Å²) in [7, 11) is 1.62. The number of benzene rings is 2. The highest BCUT2D eigenvalue weighted by molar-refractivity contribution is 5.90. The van der Waals surface area contributed by atoms with E-state index in [-0.39, 0.29) is 11.5 Å². The maximum atomic E-state index is 12.2. The fourth-order valence-corrected chi connectivity index (χ4v) is 3.42. The van der Waals surface area contributed by atoms with Crippen LogP contribution in [0.4, 0.5) is 5.82 Å². The number of hydrogen-bond donors (Lipinski definition) is 3. The van der Waals surface area contributed by atoms with Crippen LogP contribution in [0.2, 0.25) is 0 Å². The number of aromatic nitrogens is 3. The van der Waals surface area contributed by atoms with Gasteiger partial charge in [-0.15, -0.1) is 0 Å². The Kier molecular flexibility index (Phi) is 6.99. The third-order valence-corrected chi connectivity index (χ3v) is 5.21. The summed E-state index contributed by atoms with van der Waals surface area (Å²) in [4.78, 5) is 24.0. The molecular formula is C24H25N5O4. The van der Waals surface area contributed by atoms with Gasteiger partial charge in [-0.25, -0.2) is 5.10 Å². The summed E-state index contributed by atoms with van der Waals surface area (Å²) in [5.74, 6) is 2.00. The van der Waals surface area contributed by atoms with Gasteiger partial charge < -0.3 is 19.9 Å². The van der Waals surface area contributed by atoms with Gasteiger partial charge in [0.05, 0.1) is 18.2 Å². The van der Waals surface area contributed by atoms with Crippen LogP contribution in [-0.4, -0.2) is 41.5 Å². The van der Waals surface area contributed by atoms with E-state index in [4.69, 9.17) is 9.26 Å².